The highest BCUT2D eigenvalue weighted by Gasteiger charge is 2.38. The second kappa shape index (κ2) is 5.53. The van der Waals surface area contributed by atoms with E-state index in [0.717, 1.165) is 18.6 Å². The Morgan fingerprint density at radius 2 is 1.86 bits per heavy atom. The number of anilines is 1. The van der Waals surface area contributed by atoms with Gasteiger partial charge in [-0.25, -0.2) is 17.2 Å². The number of rotatable bonds is 2. The Balaban J connectivity index is 2.49. The molecule has 1 fully saturated rings. The molecule has 7 heteroatoms. The van der Waals surface area contributed by atoms with Gasteiger partial charge in [0, 0.05) is 12.6 Å². The molecule has 0 saturated carbocycles. The van der Waals surface area contributed by atoms with Gasteiger partial charge in [-0.2, -0.15) is 4.31 Å². The number of sulfonamides is 1. The molecule has 1 aliphatic rings. The zero-order valence-corrected chi connectivity index (χ0v) is 13.1. The summed E-state index contributed by atoms with van der Waals surface area (Å²) in [6, 6.07) is 1.58. The lowest BCUT2D eigenvalue weighted by Crippen LogP contribution is -2.48. The molecule has 118 valence electrons. The fourth-order valence-corrected chi connectivity index (χ4v) is 4.78. The van der Waals surface area contributed by atoms with Crippen molar-refractivity contribution in [1.82, 2.24) is 4.31 Å². The fraction of sp³-hybridized carbons (Fsp3) is 0.571. The number of halogens is 2. The molecule has 1 aromatic carbocycles. The molecule has 3 atom stereocenters. The largest absolute Gasteiger partial charge is 0.394 e. The van der Waals surface area contributed by atoms with E-state index in [1.807, 2.05) is 13.8 Å². The van der Waals surface area contributed by atoms with Gasteiger partial charge < -0.3 is 5.73 Å². The molecule has 1 aromatic rings. The number of nitrogens with two attached hydrogens (primary N) is 1. The van der Waals surface area contributed by atoms with Crippen LogP contribution in [0.1, 0.15) is 27.2 Å². The van der Waals surface area contributed by atoms with Crippen LogP contribution in [0.25, 0.3) is 0 Å². The molecule has 1 aliphatic heterocycles. The summed E-state index contributed by atoms with van der Waals surface area (Å²) in [5.41, 5.74) is 4.50. The molecule has 1 heterocycles. The van der Waals surface area contributed by atoms with Crippen LogP contribution in [-0.2, 0) is 10.0 Å². The Morgan fingerprint density at radius 1 is 1.24 bits per heavy atom. The van der Waals surface area contributed by atoms with Crippen LogP contribution < -0.4 is 5.73 Å². The van der Waals surface area contributed by atoms with Gasteiger partial charge in [0.15, 0.2) is 5.82 Å². The molecule has 3 unspecified atom stereocenters. The molecule has 21 heavy (non-hydrogen) atoms. The molecular formula is C14H20F2N2O2S. The van der Waals surface area contributed by atoms with Crippen LogP contribution in [0.4, 0.5) is 14.5 Å². The van der Waals surface area contributed by atoms with Crippen molar-refractivity contribution in [2.75, 3.05) is 12.3 Å². The smallest absolute Gasteiger partial charge is 0.246 e. The van der Waals surface area contributed by atoms with Crippen molar-refractivity contribution in [3.8, 4) is 0 Å². The van der Waals surface area contributed by atoms with Crippen molar-refractivity contribution < 1.29 is 17.2 Å². The monoisotopic (exact) mass is 318 g/mol. The van der Waals surface area contributed by atoms with E-state index in [2.05, 4.69) is 0 Å². The van der Waals surface area contributed by atoms with Gasteiger partial charge in [0.1, 0.15) is 16.4 Å². The van der Waals surface area contributed by atoms with Crippen molar-refractivity contribution in [2.24, 2.45) is 11.8 Å². The summed E-state index contributed by atoms with van der Waals surface area (Å²) in [5.74, 6) is -1.82. The molecular weight excluding hydrogens is 298 g/mol. The van der Waals surface area contributed by atoms with Crippen LogP contribution in [0.15, 0.2) is 17.0 Å². The van der Waals surface area contributed by atoms with Gasteiger partial charge in [-0.3, -0.25) is 0 Å². The molecule has 0 spiro atoms. The van der Waals surface area contributed by atoms with Gasteiger partial charge in [0.2, 0.25) is 10.0 Å². The van der Waals surface area contributed by atoms with Crippen LogP contribution in [0.5, 0.6) is 0 Å². The first-order chi connectivity index (χ1) is 9.66. The Hall–Kier alpha value is -1.21. The summed E-state index contributed by atoms with van der Waals surface area (Å²) in [4.78, 5) is -0.561. The summed E-state index contributed by atoms with van der Waals surface area (Å²) in [7, 11) is -4.04. The lowest BCUT2D eigenvalue weighted by molar-refractivity contribution is 0.157. The minimum atomic E-state index is -4.04. The van der Waals surface area contributed by atoms with Gasteiger partial charge in [-0.05, 0) is 37.3 Å². The van der Waals surface area contributed by atoms with E-state index >= 15 is 0 Å². The maximum Gasteiger partial charge on any atom is 0.246 e. The lowest BCUT2D eigenvalue weighted by Gasteiger charge is -2.40. The first kappa shape index (κ1) is 16.2. The molecule has 0 aromatic heterocycles. The van der Waals surface area contributed by atoms with Gasteiger partial charge in [0.25, 0.3) is 0 Å². The summed E-state index contributed by atoms with van der Waals surface area (Å²) in [6.07, 6.45) is 0.918. The third kappa shape index (κ3) is 2.76. The standard InChI is InChI=1S/C14H20F2N2O2S/c1-8-6-9(2)10(3)18(7-8)21(19,20)12-5-4-11(15)14(17)13(12)16/h4-5,8-10H,6-7,17H2,1-3H3. The normalized spacial score (nSPS) is 27.8. The van der Waals surface area contributed by atoms with Crippen molar-refractivity contribution in [1.29, 1.82) is 0 Å². The fourth-order valence-electron chi connectivity index (χ4n) is 2.86. The Morgan fingerprint density at radius 3 is 2.48 bits per heavy atom. The van der Waals surface area contributed by atoms with Crippen molar-refractivity contribution in [3.63, 3.8) is 0 Å². The molecule has 2 N–H and O–H groups in total. The highest BCUT2D eigenvalue weighted by Crippen LogP contribution is 2.33. The summed E-state index contributed by atoms with van der Waals surface area (Å²) in [6.45, 7) is 6.06. The second-order valence-corrected chi connectivity index (χ2v) is 7.77. The number of benzene rings is 1. The molecule has 0 amide bonds. The van der Waals surface area contributed by atoms with Crippen LogP contribution in [0.3, 0.4) is 0 Å². The Kier molecular flexibility index (Phi) is 4.26. The molecule has 2 rings (SSSR count). The number of nitrogen functional groups attached to an aromatic ring is 1. The third-order valence-electron chi connectivity index (χ3n) is 4.22. The van der Waals surface area contributed by atoms with Crippen molar-refractivity contribution in [2.45, 2.75) is 38.1 Å². The Bertz CT molecular complexity index is 649. The number of nitrogens with zero attached hydrogens (tertiary/aromatic N) is 1. The van der Waals surface area contributed by atoms with Crippen molar-refractivity contribution in [3.05, 3.63) is 23.8 Å². The minimum absolute atomic E-state index is 0.171. The number of piperidine rings is 1. The van der Waals surface area contributed by atoms with E-state index < -0.39 is 32.2 Å². The van der Waals surface area contributed by atoms with Gasteiger partial charge in [-0.1, -0.05) is 13.8 Å². The average Bonchev–Trinajstić information content (AvgIpc) is 2.39. The predicted octanol–water partition coefficient (Wildman–Crippen LogP) is 2.60. The molecule has 0 aliphatic carbocycles. The van der Waals surface area contributed by atoms with Crippen molar-refractivity contribution >= 4 is 15.7 Å². The van der Waals surface area contributed by atoms with Crippen LogP contribution in [0.2, 0.25) is 0 Å². The number of hydrogen-bond donors (Lipinski definition) is 1. The van der Waals surface area contributed by atoms with Crippen LogP contribution in [0, 0.1) is 23.5 Å². The topological polar surface area (TPSA) is 63.4 Å². The van der Waals surface area contributed by atoms with E-state index in [1.54, 1.807) is 6.92 Å². The zero-order chi connectivity index (χ0) is 15.9. The minimum Gasteiger partial charge on any atom is -0.394 e. The van der Waals surface area contributed by atoms with Gasteiger partial charge in [0.05, 0.1) is 0 Å². The van der Waals surface area contributed by atoms with Crippen LogP contribution in [-0.4, -0.2) is 25.3 Å². The molecule has 0 radical (unpaired) electrons. The lowest BCUT2D eigenvalue weighted by atomic mass is 9.88. The maximum absolute atomic E-state index is 14.1. The highest BCUT2D eigenvalue weighted by molar-refractivity contribution is 7.89. The first-order valence-corrected chi connectivity index (χ1v) is 8.35. The van der Waals surface area contributed by atoms with Crippen LogP contribution >= 0.6 is 0 Å². The summed E-state index contributed by atoms with van der Waals surface area (Å²) in [5, 5.41) is 0. The SMILES string of the molecule is CC1CC(C)C(C)N(S(=O)(=O)c2ccc(F)c(N)c2F)C1. The van der Waals surface area contributed by atoms with E-state index in [1.165, 1.54) is 4.31 Å². The highest BCUT2D eigenvalue weighted by atomic mass is 32.2. The molecule has 1 saturated heterocycles. The second-order valence-electron chi connectivity index (χ2n) is 5.91. The van der Waals surface area contributed by atoms with E-state index in [0.29, 0.717) is 6.54 Å². The quantitative estimate of drug-likeness (QED) is 0.853. The van der Waals surface area contributed by atoms with E-state index in [-0.39, 0.29) is 17.9 Å². The zero-order valence-electron chi connectivity index (χ0n) is 12.3. The molecule has 0 bridgehead atoms. The summed E-state index contributed by atoms with van der Waals surface area (Å²) < 4.78 is 53.9. The molecule has 4 nitrogen and oxygen atoms in total. The third-order valence-corrected chi connectivity index (χ3v) is 6.19. The predicted molar refractivity (Wildman–Crippen MR) is 77.1 cm³/mol. The van der Waals surface area contributed by atoms with Gasteiger partial charge >= 0.3 is 0 Å². The average molecular weight is 318 g/mol. The maximum atomic E-state index is 14.1. The van der Waals surface area contributed by atoms with E-state index in [9.17, 15) is 17.2 Å². The first-order valence-electron chi connectivity index (χ1n) is 6.91. The summed E-state index contributed by atoms with van der Waals surface area (Å²) >= 11 is 0. The van der Waals surface area contributed by atoms with Gasteiger partial charge in [-0.15, -0.1) is 0 Å². The number of hydrogen-bond acceptors (Lipinski definition) is 3. The van der Waals surface area contributed by atoms with E-state index in [4.69, 9.17) is 5.73 Å². The Labute approximate surface area is 124 Å².